The minimum Gasteiger partial charge on any atom is -0.318 e. The van der Waals surface area contributed by atoms with Gasteiger partial charge >= 0.3 is 0 Å². The Kier molecular flexibility index (Phi) is 4.54. The van der Waals surface area contributed by atoms with Crippen molar-refractivity contribution in [2.24, 2.45) is 0 Å². The van der Waals surface area contributed by atoms with Crippen LogP contribution in [-0.4, -0.2) is 44.3 Å². The quantitative estimate of drug-likeness (QED) is 0.685. The van der Waals surface area contributed by atoms with Gasteiger partial charge in [-0.15, -0.1) is 0 Å². The van der Waals surface area contributed by atoms with Crippen molar-refractivity contribution in [1.29, 1.82) is 0 Å². The molecule has 1 saturated heterocycles. The molecular weight excluding hydrogens is 155 g/mol. The van der Waals surface area contributed by atoms with Gasteiger partial charge < -0.3 is 5.32 Å². The van der Waals surface area contributed by atoms with Gasteiger partial charge in [0.2, 0.25) is 0 Å². The Morgan fingerprint density at radius 1 is 1.50 bits per heavy atom. The van der Waals surface area contributed by atoms with Crippen LogP contribution in [0.2, 0.25) is 0 Å². The summed E-state index contributed by atoms with van der Waals surface area (Å²) >= 11 is 0. The average molecular weight is 174 g/mol. The van der Waals surface area contributed by atoms with Crippen LogP contribution in [0, 0.1) is 0 Å². The van der Waals surface area contributed by atoms with Gasteiger partial charge in [-0.25, -0.2) is 4.39 Å². The van der Waals surface area contributed by atoms with Crippen molar-refractivity contribution in [2.75, 3.05) is 33.4 Å². The molecule has 0 aromatic rings. The first-order chi connectivity index (χ1) is 5.88. The van der Waals surface area contributed by atoms with Crippen LogP contribution in [0.25, 0.3) is 0 Å². The summed E-state index contributed by atoms with van der Waals surface area (Å²) in [6.07, 6.45) is 3.76. The fraction of sp³-hybridized carbons (Fsp3) is 1.00. The van der Waals surface area contributed by atoms with E-state index < -0.39 is 0 Å². The molecule has 1 rings (SSSR count). The third-order valence-electron chi connectivity index (χ3n) is 2.56. The monoisotopic (exact) mass is 174 g/mol. The van der Waals surface area contributed by atoms with E-state index in [1.165, 1.54) is 19.3 Å². The average Bonchev–Trinajstić information content (AvgIpc) is 2.09. The third-order valence-corrected chi connectivity index (χ3v) is 2.56. The molecule has 0 saturated carbocycles. The van der Waals surface area contributed by atoms with E-state index in [0.29, 0.717) is 12.6 Å². The largest absolute Gasteiger partial charge is 0.318 e. The van der Waals surface area contributed by atoms with Crippen LogP contribution in [0.1, 0.15) is 19.3 Å². The van der Waals surface area contributed by atoms with Crippen molar-refractivity contribution in [1.82, 2.24) is 10.2 Å². The van der Waals surface area contributed by atoms with Crippen molar-refractivity contribution in [2.45, 2.75) is 25.3 Å². The van der Waals surface area contributed by atoms with Crippen molar-refractivity contribution in [3.8, 4) is 0 Å². The molecule has 1 aliphatic rings. The van der Waals surface area contributed by atoms with Gasteiger partial charge in [-0.2, -0.15) is 0 Å². The van der Waals surface area contributed by atoms with Gasteiger partial charge in [0, 0.05) is 19.1 Å². The molecule has 1 fully saturated rings. The molecule has 0 spiro atoms. The molecule has 0 amide bonds. The number of piperidine rings is 1. The number of likely N-dealkylation sites (N-methyl/N-ethyl adjacent to an activating group) is 1. The normalized spacial score (nSPS) is 26.0. The number of rotatable bonds is 4. The lowest BCUT2D eigenvalue weighted by atomic mass is 10.0. The van der Waals surface area contributed by atoms with E-state index in [-0.39, 0.29) is 6.67 Å². The molecule has 12 heavy (non-hydrogen) atoms. The highest BCUT2D eigenvalue weighted by atomic mass is 19.1. The Morgan fingerprint density at radius 2 is 2.33 bits per heavy atom. The number of hydrogen-bond acceptors (Lipinski definition) is 2. The first-order valence-electron chi connectivity index (χ1n) is 4.83. The SMILES string of the molecule is CNCC1CCCCN1CCF. The molecule has 0 aromatic carbocycles. The topological polar surface area (TPSA) is 15.3 Å². The first kappa shape index (κ1) is 9.93. The fourth-order valence-corrected chi connectivity index (χ4v) is 1.93. The maximum absolute atomic E-state index is 12.1. The molecule has 1 atom stereocenters. The second kappa shape index (κ2) is 5.49. The summed E-state index contributed by atoms with van der Waals surface area (Å²) in [5.74, 6) is 0. The minimum absolute atomic E-state index is 0.208. The fourth-order valence-electron chi connectivity index (χ4n) is 1.93. The molecule has 1 aliphatic heterocycles. The maximum Gasteiger partial charge on any atom is 0.102 e. The standard InChI is InChI=1S/C9H19FN2/c1-11-8-9-4-2-3-6-12(9)7-5-10/h9,11H,2-8H2,1H3. The molecule has 1 heterocycles. The van der Waals surface area contributed by atoms with Crippen LogP contribution >= 0.6 is 0 Å². The molecule has 0 radical (unpaired) electrons. The second-order valence-corrected chi connectivity index (χ2v) is 3.43. The summed E-state index contributed by atoms with van der Waals surface area (Å²) in [6.45, 7) is 2.49. The van der Waals surface area contributed by atoms with E-state index in [9.17, 15) is 4.39 Å². The van der Waals surface area contributed by atoms with Crippen molar-refractivity contribution < 1.29 is 4.39 Å². The summed E-state index contributed by atoms with van der Waals surface area (Å²) in [5, 5.41) is 3.16. The molecule has 2 nitrogen and oxygen atoms in total. The zero-order valence-corrected chi connectivity index (χ0v) is 7.85. The van der Waals surface area contributed by atoms with Crippen molar-refractivity contribution >= 4 is 0 Å². The van der Waals surface area contributed by atoms with Gasteiger partial charge in [0.1, 0.15) is 6.67 Å². The lowest BCUT2D eigenvalue weighted by Gasteiger charge is -2.34. The predicted molar refractivity (Wildman–Crippen MR) is 49.1 cm³/mol. The molecule has 72 valence electrons. The number of nitrogens with zero attached hydrogens (tertiary/aromatic N) is 1. The smallest absolute Gasteiger partial charge is 0.102 e. The zero-order valence-electron chi connectivity index (χ0n) is 7.85. The zero-order chi connectivity index (χ0) is 8.81. The Morgan fingerprint density at radius 3 is 3.00 bits per heavy atom. The molecule has 0 aliphatic carbocycles. The van der Waals surface area contributed by atoms with Crippen LogP contribution in [0.4, 0.5) is 4.39 Å². The van der Waals surface area contributed by atoms with Crippen LogP contribution in [0.3, 0.4) is 0 Å². The number of halogens is 1. The molecular formula is C9H19FN2. The molecule has 3 heteroatoms. The van der Waals surface area contributed by atoms with Gasteiger partial charge in [-0.05, 0) is 26.4 Å². The number of hydrogen-bond donors (Lipinski definition) is 1. The molecule has 1 N–H and O–H groups in total. The summed E-state index contributed by atoms with van der Waals surface area (Å²) < 4.78 is 12.1. The Bertz CT molecular complexity index is 101. The van der Waals surface area contributed by atoms with E-state index in [0.717, 1.165) is 13.1 Å². The van der Waals surface area contributed by atoms with E-state index >= 15 is 0 Å². The lowest BCUT2D eigenvalue weighted by molar-refractivity contribution is 0.137. The Hall–Kier alpha value is -0.150. The summed E-state index contributed by atoms with van der Waals surface area (Å²) in [7, 11) is 1.96. The molecule has 0 bridgehead atoms. The van der Waals surface area contributed by atoms with Gasteiger partial charge in [0.15, 0.2) is 0 Å². The van der Waals surface area contributed by atoms with Crippen molar-refractivity contribution in [3.63, 3.8) is 0 Å². The second-order valence-electron chi connectivity index (χ2n) is 3.43. The maximum atomic E-state index is 12.1. The van der Waals surface area contributed by atoms with Crippen molar-refractivity contribution in [3.05, 3.63) is 0 Å². The summed E-state index contributed by atoms with van der Waals surface area (Å²) in [4.78, 5) is 2.26. The van der Waals surface area contributed by atoms with Crippen LogP contribution in [0.5, 0.6) is 0 Å². The van der Waals surface area contributed by atoms with Crippen LogP contribution in [0.15, 0.2) is 0 Å². The first-order valence-corrected chi connectivity index (χ1v) is 4.83. The highest BCUT2D eigenvalue weighted by Gasteiger charge is 2.20. The van der Waals surface area contributed by atoms with E-state index in [2.05, 4.69) is 10.2 Å². The van der Waals surface area contributed by atoms with Crippen LogP contribution < -0.4 is 5.32 Å². The highest BCUT2D eigenvalue weighted by molar-refractivity contribution is 4.77. The number of nitrogens with one attached hydrogen (secondary N) is 1. The van der Waals surface area contributed by atoms with Gasteiger partial charge in [0.05, 0.1) is 0 Å². The predicted octanol–water partition coefficient (Wildman–Crippen LogP) is 1.03. The summed E-state index contributed by atoms with van der Waals surface area (Å²) in [5.41, 5.74) is 0. The van der Waals surface area contributed by atoms with Gasteiger partial charge in [-0.3, -0.25) is 4.90 Å². The number of alkyl halides is 1. The minimum atomic E-state index is -0.208. The summed E-state index contributed by atoms with van der Waals surface area (Å²) in [6, 6.07) is 0.569. The lowest BCUT2D eigenvalue weighted by Crippen LogP contribution is -2.45. The Balaban J connectivity index is 2.31. The third kappa shape index (κ3) is 2.72. The Labute approximate surface area is 74.1 Å². The van der Waals surface area contributed by atoms with Gasteiger partial charge in [-0.1, -0.05) is 6.42 Å². The van der Waals surface area contributed by atoms with Crippen LogP contribution in [-0.2, 0) is 0 Å². The number of likely N-dealkylation sites (tertiary alicyclic amines) is 1. The highest BCUT2D eigenvalue weighted by Crippen LogP contribution is 2.15. The molecule has 0 aromatic heterocycles. The van der Waals surface area contributed by atoms with E-state index in [1.54, 1.807) is 0 Å². The van der Waals surface area contributed by atoms with E-state index in [4.69, 9.17) is 0 Å². The van der Waals surface area contributed by atoms with E-state index in [1.807, 2.05) is 7.05 Å². The molecule has 1 unspecified atom stereocenters. The van der Waals surface area contributed by atoms with Gasteiger partial charge in [0.25, 0.3) is 0 Å².